The second kappa shape index (κ2) is 5.52. The van der Waals surface area contributed by atoms with E-state index in [1.165, 1.54) is 12.4 Å². The van der Waals surface area contributed by atoms with Crippen LogP contribution in [0.5, 0.6) is 0 Å². The quantitative estimate of drug-likeness (QED) is 0.843. The van der Waals surface area contributed by atoms with E-state index in [0.29, 0.717) is 17.7 Å². The van der Waals surface area contributed by atoms with Crippen molar-refractivity contribution in [1.82, 2.24) is 4.98 Å². The van der Waals surface area contributed by atoms with Gasteiger partial charge >= 0.3 is 5.97 Å². The number of aliphatic carboxylic acids is 1. The Morgan fingerprint density at radius 3 is 2.94 bits per heavy atom. The fourth-order valence-electron chi connectivity index (χ4n) is 1.36. The van der Waals surface area contributed by atoms with Crippen molar-refractivity contribution in [2.75, 3.05) is 12.0 Å². The molecule has 1 atom stereocenters. The summed E-state index contributed by atoms with van der Waals surface area (Å²) in [4.78, 5) is 15.1. The van der Waals surface area contributed by atoms with Gasteiger partial charge in [0.1, 0.15) is 5.54 Å². The van der Waals surface area contributed by atoms with Crippen molar-refractivity contribution in [1.29, 1.82) is 0 Å². The Kier molecular flexibility index (Phi) is 4.58. The van der Waals surface area contributed by atoms with Gasteiger partial charge in [0.25, 0.3) is 0 Å². The van der Waals surface area contributed by atoms with Gasteiger partial charge in [-0.2, -0.15) is 11.8 Å². The predicted octanol–water partition coefficient (Wildman–Crippen LogP) is 1.73. The fraction of sp³-hybridized carbons (Fsp3) is 0.400. The molecule has 1 aromatic heterocycles. The van der Waals surface area contributed by atoms with Crippen LogP contribution in [0.4, 0.5) is 0 Å². The third-order valence-electron chi connectivity index (χ3n) is 2.34. The van der Waals surface area contributed by atoms with Crippen molar-refractivity contribution in [3.8, 4) is 0 Å². The first-order valence-corrected chi connectivity index (χ1v) is 6.40. The van der Waals surface area contributed by atoms with Gasteiger partial charge in [-0.1, -0.05) is 11.6 Å². The van der Waals surface area contributed by atoms with Crippen LogP contribution in [0.3, 0.4) is 0 Å². The number of carboxylic acids is 1. The van der Waals surface area contributed by atoms with Crippen molar-refractivity contribution in [3.63, 3.8) is 0 Å². The van der Waals surface area contributed by atoms with Crippen LogP contribution in [0.2, 0.25) is 5.02 Å². The van der Waals surface area contributed by atoms with E-state index in [4.69, 9.17) is 17.3 Å². The summed E-state index contributed by atoms with van der Waals surface area (Å²) in [6.07, 6.45) is 5.12. The molecule has 1 rings (SSSR count). The third-order valence-corrected chi connectivity index (χ3v) is 3.25. The van der Waals surface area contributed by atoms with Crippen LogP contribution in [-0.2, 0) is 10.3 Å². The molecule has 0 aliphatic rings. The maximum atomic E-state index is 11.3. The summed E-state index contributed by atoms with van der Waals surface area (Å²) >= 11 is 7.46. The van der Waals surface area contributed by atoms with Crippen LogP contribution < -0.4 is 5.73 Å². The first-order chi connectivity index (χ1) is 7.52. The monoisotopic (exact) mass is 260 g/mol. The van der Waals surface area contributed by atoms with Crippen molar-refractivity contribution in [3.05, 3.63) is 29.0 Å². The van der Waals surface area contributed by atoms with Crippen LogP contribution in [0.1, 0.15) is 12.0 Å². The van der Waals surface area contributed by atoms with Crippen molar-refractivity contribution in [2.24, 2.45) is 5.73 Å². The second-order valence-electron chi connectivity index (χ2n) is 3.37. The molecule has 0 aliphatic carbocycles. The molecule has 0 amide bonds. The average molecular weight is 261 g/mol. The van der Waals surface area contributed by atoms with Gasteiger partial charge < -0.3 is 10.8 Å². The highest BCUT2D eigenvalue weighted by Gasteiger charge is 2.37. The molecule has 0 radical (unpaired) electrons. The average Bonchev–Trinajstić information content (AvgIpc) is 2.26. The lowest BCUT2D eigenvalue weighted by Crippen LogP contribution is -2.45. The van der Waals surface area contributed by atoms with Gasteiger partial charge in [0.15, 0.2) is 0 Å². The first kappa shape index (κ1) is 13.3. The molecule has 0 saturated carbocycles. The Hall–Kier alpha value is -0.780. The summed E-state index contributed by atoms with van der Waals surface area (Å²) in [5.74, 6) is -0.420. The molecule has 1 heterocycles. The number of hydrogen-bond acceptors (Lipinski definition) is 4. The van der Waals surface area contributed by atoms with Crippen LogP contribution >= 0.6 is 23.4 Å². The fourth-order valence-corrected chi connectivity index (χ4v) is 2.17. The molecular weight excluding hydrogens is 248 g/mol. The number of rotatable bonds is 5. The van der Waals surface area contributed by atoms with E-state index in [-0.39, 0.29) is 5.02 Å². The zero-order valence-corrected chi connectivity index (χ0v) is 10.4. The molecule has 0 saturated heterocycles. The maximum Gasteiger partial charge on any atom is 0.328 e. The SMILES string of the molecule is CSCCC(N)(C(=O)O)c1ccncc1Cl. The minimum atomic E-state index is -1.44. The van der Waals surface area contributed by atoms with E-state index in [9.17, 15) is 9.90 Å². The molecule has 4 nitrogen and oxygen atoms in total. The minimum Gasteiger partial charge on any atom is -0.480 e. The molecule has 0 aromatic carbocycles. The first-order valence-electron chi connectivity index (χ1n) is 4.63. The summed E-state index contributed by atoms with van der Waals surface area (Å²) in [5, 5.41) is 9.51. The van der Waals surface area contributed by atoms with Gasteiger partial charge in [0.2, 0.25) is 0 Å². The lowest BCUT2D eigenvalue weighted by molar-refractivity contribution is -0.143. The summed E-state index contributed by atoms with van der Waals surface area (Å²) in [6, 6.07) is 1.55. The number of pyridine rings is 1. The second-order valence-corrected chi connectivity index (χ2v) is 4.77. The molecular formula is C10H13ClN2O2S. The number of thioether (sulfide) groups is 1. The van der Waals surface area contributed by atoms with Crippen molar-refractivity contribution in [2.45, 2.75) is 12.0 Å². The Bertz CT molecular complexity index is 389. The highest BCUT2D eigenvalue weighted by molar-refractivity contribution is 7.98. The van der Waals surface area contributed by atoms with Gasteiger partial charge in [-0.05, 0) is 24.5 Å². The summed E-state index contributed by atoms with van der Waals surface area (Å²) in [5.41, 5.74) is 4.89. The van der Waals surface area contributed by atoms with Crippen LogP contribution in [0.25, 0.3) is 0 Å². The number of nitrogens with zero attached hydrogens (tertiary/aromatic N) is 1. The molecule has 3 N–H and O–H groups in total. The molecule has 1 unspecified atom stereocenters. The summed E-state index contributed by atoms with van der Waals surface area (Å²) < 4.78 is 0. The molecule has 1 aromatic rings. The number of halogens is 1. The molecule has 88 valence electrons. The van der Waals surface area contributed by atoms with E-state index in [2.05, 4.69) is 4.98 Å². The number of nitrogens with two attached hydrogens (primary N) is 1. The lowest BCUT2D eigenvalue weighted by atomic mass is 9.89. The highest BCUT2D eigenvalue weighted by atomic mass is 35.5. The molecule has 0 bridgehead atoms. The molecule has 16 heavy (non-hydrogen) atoms. The van der Waals surface area contributed by atoms with E-state index < -0.39 is 11.5 Å². The largest absolute Gasteiger partial charge is 0.480 e. The van der Waals surface area contributed by atoms with E-state index >= 15 is 0 Å². The highest BCUT2D eigenvalue weighted by Crippen LogP contribution is 2.29. The number of carboxylic acid groups (broad SMARTS) is 1. The standard InChI is InChI=1S/C10H13ClN2O2S/c1-16-5-3-10(12,9(14)15)7-2-4-13-6-8(7)11/h2,4,6H,3,5,12H2,1H3,(H,14,15). The zero-order valence-electron chi connectivity index (χ0n) is 8.81. The Balaban J connectivity index is 3.11. The van der Waals surface area contributed by atoms with Crippen LogP contribution in [0, 0.1) is 0 Å². The predicted molar refractivity (Wildman–Crippen MR) is 65.7 cm³/mol. The lowest BCUT2D eigenvalue weighted by Gasteiger charge is -2.25. The molecule has 0 spiro atoms. The zero-order chi connectivity index (χ0) is 12.2. The normalized spacial score (nSPS) is 14.4. The van der Waals surface area contributed by atoms with Gasteiger partial charge in [0, 0.05) is 18.0 Å². The number of carbonyl (C=O) groups is 1. The van der Waals surface area contributed by atoms with Gasteiger partial charge in [0.05, 0.1) is 5.02 Å². The summed E-state index contributed by atoms with van der Waals surface area (Å²) in [7, 11) is 0. The van der Waals surface area contributed by atoms with Gasteiger partial charge in [-0.15, -0.1) is 0 Å². The van der Waals surface area contributed by atoms with Crippen LogP contribution in [-0.4, -0.2) is 28.1 Å². The van der Waals surface area contributed by atoms with E-state index in [1.54, 1.807) is 17.8 Å². The smallest absolute Gasteiger partial charge is 0.328 e. The van der Waals surface area contributed by atoms with Crippen LogP contribution in [0.15, 0.2) is 18.5 Å². The topological polar surface area (TPSA) is 76.2 Å². The van der Waals surface area contributed by atoms with E-state index in [0.717, 1.165) is 0 Å². The third kappa shape index (κ3) is 2.66. The maximum absolute atomic E-state index is 11.3. The molecule has 6 heteroatoms. The summed E-state index contributed by atoms with van der Waals surface area (Å²) in [6.45, 7) is 0. The Morgan fingerprint density at radius 1 is 1.75 bits per heavy atom. The number of aromatic nitrogens is 1. The molecule has 0 aliphatic heterocycles. The molecule has 0 fully saturated rings. The van der Waals surface area contributed by atoms with E-state index in [1.807, 2.05) is 6.26 Å². The van der Waals surface area contributed by atoms with Gasteiger partial charge in [-0.25, -0.2) is 4.79 Å². The Labute approximate surface area is 103 Å². The van der Waals surface area contributed by atoms with Crippen molar-refractivity contribution < 1.29 is 9.90 Å². The Morgan fingerprint density at radius 2 is 2.44 bits per heavy atom. The number of hydrogen-bond donors (Lipinski definition) is 2. The van der Waals surface area contributed by atoms with Gasteiger partial charge in [-0.3, -0.25) is 4.98 Å². The minimum absolute atomic E-state index is 0.286. The van der Waals surface area contributed by atoms with Crippen molar-refractivity contribution >= 4 is 29.3 Å².